The van der Waals surface area contributed by atoms with Gasteiger partial charge in [-0.05, 0) is 5.75 Å². The normalized spacial score (nSPS) is 9.22. The minimum absolute atomic E-state index is 0.214. The fourth-order valence-electron chi connectivity index (χ4n) is 0.801. The second-order valence-electron chi connectivity index (χ2n) is 3.26. The quantitative estimate of drug-likeness (QED) is 0.277. The molecule has 0 fully saturated rings. The zero-order valence-electron chi connectivity index (χ0n) is 9.91. The number of carbonyl (C=O) groups excluding carboxylic acids is 4. The van der Waals surface area contributed by atoms with Crippen LogP contribution < -0.4 is 21.5 Å². The SMILES string of the molecule is CC(=O)NCC(=O)NNC(=O)CNC(=O)CCS. The van der Waals surface area contributed by atoms with E-state index in [4.69, 9.17) is 0 Å². The maximum absolute atomic E-state index is 11.1. The molecule has 0 bridgehead atoms. The summed E-state index contributed by atoms with van der Waals surface area (Å²) in [6.45, 7) is 0.789. The molecular weight excluding hydrogens is 260 g/mol. The van der Waals surface area contributed by atoms with Crippen LogP contribution in [0.15, 0.2) is 0 Å². The van der Waals surface area contributed by atoms with Crippen molar-refractivity contribution in [2.75, 3.05) is 18.8 Å². The van der Waals surface area contributed by atoms with E-state index in [1.165, 1.54) is 6.92 Å². The molecule has 0 spiro atoms. The van der Waals surface area contributed by atoms with Crippen LogP contribution in [0.1, 0.15) is 13.3 Å². The lowest BCUT2D eigenvalue weighted by atomic mass is 10.4. The number of hydrogen-bond acceptors (Lipinski definition) is 5. The first kappa shape index (κ1) is 16.2. The molecule has 0 unspecified atom stereocenters. The molecule has 0 aliphatic carbocycles. The molecule has 0 atom stereocenters. The van der Waals surface area contributed by atoms with Gasteiger partial charge in [-0.1, -0.05) is 0 Å². The number of thiol groups is 1. The fraction of sp³-hybridized carbons (Fsp3) is 0.556. The van der Waals surface area contributed by atoms with E-state index in [-0.39, 0.29) is 31.3 Å². The summed E-state index contributed by atoms with van der Waals surface area (Å²) in [5, 5.41) is 4.59. The van der Waals surface area contributed by atoms with Crippen LogP contribution >= 0.6 is 12.6 Å². The lowest BCUT2D eigenvalue weighted by Gasteiger charge is -2.08. The van der Waals surface area contributed by atoms with Crippen LogP contribution in [0.2, 0.25) is 0 Å². The summed E-state index contributed by atoms with van der Waals surface area (Å²) in [5.41, 5.74) is 4.15. The molecule has 0 aliphatic rings. The van der Waals surface area contributed by atoms with Crippen molar-refractivity contribution in [1.29, 1.82) is 0 Å². The topological polar surface area (TPSA) is 116 Å². The van der Waals surface area contributed by atoms with Gasteiger partial charge in [-0.15, -0.1) is 0 Å². The van der Waals surface area contributed by atoms with Crippen molar-refractivity contribution in [3.8, 4) is 0 Å². The third-order valence-electron chi connectivity index (χ3n) is 1.62. The summed E-state index contributed by atoms with van der Waals surface area (Å²) < 4.78 is 0. The van der Waals surface area contributed by atoms with Crippen LogP contribution in [0.25, 0.3) is 0 Å². The maximum Gasteiger partial charge on any atom is 0.257 e. The Hall–Kier alpha value is -1.77. The van der Waals surface area contributed by atoms with Gasteiger partial charge in [0.15, 0.2) is 0 Å². The monoisotopic (exact) mass is 276 g/mol. The summed E-state index contributed by atoms with van der Waals surface area (Å²) in [6.07, 6.45) is 0.214. The van der Waals surface area contributed by atoms with Crippen molar-refractivity contribution in [1.82, 2.24) is 21.5 Å². The molecule has 0 aliphatic heterocycles. The zero-order chi connectivity index (χ0) is 14.0. The molecule has 0 radical (unpaired) electrons. The van der Waals surface area contributed by atoms with Crippen LogP contribution in [-0.2, 0) is 19.2 Å². The summed E-state index contributed by atoms with van der Waals surface area (Å²) in [5.74, 6) is -1.40. The molecule has 9 heteroatoms. The number of hydrazine groups is 1. The smallest absolute Gasteiger partial charge is 0.257 e. The number of amides is 4. The third kappa shape index (κ3) is 9.46. The highest BCUT2D eigenvalue weighted by atomic mass is 32.1. The lowest BCUT2D eigenvalue weighted by molar-refractivity contribution is -0.130. The van der Waals surface area contributed by atoms with Gasteiger partial charge in [-0.25, -0.2) is 0 Å². The molecule has 8 nitrogen and oxygen atoms in total. The highest BCUT2D eigenvalue weighted by Crippen LogP contribution is 1.82. The number of carbonyl (C=O) groups is 4. The minimum atomic E-state index is -0.571. The zero-order valence-corrected chi connectivity index (χ0v) is 10.8. The Morgan fingerprint density at radius 2 is 1.39 bits per heavy atom. The van der Waals surface area contributed by atoms with Crippen LogP contribution in [0.5, 0.6) is 0 Å². The Kier molecular flexibility index (Phi) is 8.37. The van der Waals surface area contributed by atoms with E-state index < -0.39 is 11.8 Å². The molecule has 0 saturated carbocycles. The molecule has 0 saturated heterocycles. The van der Waals surface area contributed by atoms with Crippen molar-refractivity contribution in [2.45, 2.75) is 13.3 Å². The van der Waals surface area contributed by atoms with Crippen LogP contribution in [-0.4, -0.2) is 42.5 Å². The first-order valence-corrected chi connectivity index (χ1v) is 5.78. The van der Waals surface area contributed by atoms with Gasteiger partial charge in [0.05, 0.1) is 13.1 Å². The van der Waals surface area contributed by atoms with Gasteiger partial charge in [-0.3, -0.25) is 30.0 Å². The predicted molar refractivity (Wildman–Crippen MR) is 66.4 cm³/mol. The van der Waals surface area contributed by atoms with Gasteiger partial charge in [0.25, 0.3) is 11.8 Å². The molecule has 4 amide bonds. The average molecular weight is 276 g/mol. The molecule has 0 heterocycles. The van der Waals surface area contributed by atoms with E-state index in [9.17, 15) is 19.2 Å². The molecule has 0 aromatic rings. The van der Waals surface area contributed by atoms with Gasteiger partial charge < -0.3 is 10.6 Å². The van der Waals surface area contributed by atoms with Gasteiger partial charge in [0.2, 0.25) is 11.8 Å². The van der Waals surface area contributed by atoms with E-state index in [1.54, 1.807) is 0 Å². The Morgan fingerprint density at radius 1 is 0.889 bits per heavy atom. The summed E-state index contributed by atoms with van der Waals surface area (Å²) in [6, 6.07) is 0. The Balaban J connectivity index is 3.67. The fourth-order valence-corrected chi connectivity index (χ4v) is 1.00. The molecular formula is C9H16N4O4S. The molecule has 18 heavy (non-hydrogen) atoms. The molecule has 0 rings (SSSR count). The van der Waals surface area contributed by atoms with Gasteiger partial charge in [0.1, 0.15) is 0 Å². The van der Waals surface area contributed by atoms with E-state index >= 15 is 0 Å². The number of rotatable bonds is 6. The van der Waals surface area contributed by atoms with Crippen molar-refractivity contribution in [2.24, 2.45) is 0 Å². The standard InChI is InChI=1S/C9H16N4O4S/c1-6(14)10-4-8(16)12-13-9(17)5-11-7(15)2-3-18/h18H,2-5H2,1H3,(H,10,14)(H,11,15)(H,12,16)(H,13,17). The van der Waals surface area contributed by atoms with Crippen molar-refractivity contribution in [3.05, 3.63) is 0 Å². The summed E-state index contributed by atoms with van der Waals surface area (Å²) in [4.78, 5) is 43.7. The average Bonchev–Trinajstić information content (AvgIpc) is 2.31. The second kappa shape index (κ2) is 9.28. The predicted octanol–water partition coefficient (Wildman–Crippen LogP) is -2.29. The van der Waals surface area contributed by atoms with Gasteiger partial charge in [-0.2, -0.15) is 12.6 Å². The Bertz CT molecular complexity index is 335. The Labute approximate surface area is 110 Å². The molecule has 4 N–H and O–H groups in total. The maximum atomic E-state index is 11.1. The van der Waals surface area contributed by atoms with Gasteiger partial charge >= 0.3 is 0 Å². The Morgan fingerprint density at radius 3 is 1.83 bits per heavy atom. The number of hydrogen-bond donors (Lipinski definition) is 5. The minimum Gasteiger partial charge on any atom is -0.347 e. The van der Waals surface area contributed by atoms with E-state index in [2.05, 4.69) is 34.1 Å². The highest BCUT2D eigenvalue weighted by Gasteiger charge is 2.06. The van der Waals surface area contributed by atoms with E-state index in [1.807, 2.05) is 0 Å². The number of nitrogens with one attached hydrogen (secondary N) is 4. The van der Waals surface area contributed by atoms with Crippen LogP contribution in [0, 0.1) is 0 Å². The van der Waals surface area contributed by atoms with Crippen molar-refractivity contribution in [3.63, 3.8) is 0 Å². The first-order valence-electron chi connectivity index (χ1n) is 5.15. The van der Waals surface area contributed by atoms with Crippen molar-refractivity contribution < 1.29 is 19.2 Å². The molecule has 102 valence electrons. The molecule has 0 aromatic carbocycles. The molecule has 0 aromatic heterocycles. The van der Waals surface area contributed by atoms with Crippen molar-refractivity contribution >= 4 is 36.3 Å². The van der Waals surface area contributed by atoms with Crippen LogP contribution in [0.4, 0.5) is 0 Å². The summed E-state index contributed by atoms with van der Waals surface area (Å²) >= 11 is 3.86. The lowest BCUT2D eigenvalue weighted by Crippen LogP contribution is -2.49. The van der Waals surface area contributed by atoms with Crippen LogP contribution in [0.3, 0.4) is 0 Å². The van der Waals surface area contributed by atoms with Gasteiger partial charge in [0, 0.05) is 13.3 Å². The van der Waals surface area contributed by atoms with E-state index in [0.29, 0.717) is 5.75 Å². The first-order chi connectivity index (χ1) is 8.45. The second-order valence-corrected chi connectivity index (χ2v) is 3.70. The highest BCUT2D eigenvalue weighted by molar-refractivity contribution is 7.80. The third-order valence-corrected chi connectivity index (χ3v) is 1.85. The van der Waals surface area contributed by atoms with E-state index in [0.717, 1.165) is 0 Å². The summed E-state index contributed by atoms with van der Waals surface area (Å²) in [7, 11) is 0. The largest absolute Gasteiger partial charge is 0.347 e.